The normalized spacial score (nSPS) is 48.0. The van der Waals surface area contributed by atoms with E-state index in [4.69, 9.17) is 0 Å². The minimum Gasteiger partial charge on any atom is -0.0829 e. The van der Waals surface area contributed by atoms with Gasteiger partial charge in [-0.25, -0.2) is 0 Å². The monoisotopic (exact) mass is 236 g/mol. The van der Waals surface area contributed by atoms with Crippen molar-refractivity contribution < 1.29 is 0 Å². The van der Waals surface area contributed by atoms with Crippen LogP contribution in [0.25, 0.3) is 0 Å². The average molecular weight is 236 g/mol. The lowest BCUT2D eigenvalue weighted by Crippen LogP contribution is -1.93. The Balaban J connectivity index is 1.68. The third-order valence-corrected chi connectivity index (χ3v) is 3.51. The van der Waals surface area contributed by atoms with Crippen molar-refractivity contribution in [1.82, 2.24) is 0 Å². The van der Waals surface area contributed by atoms with Gasteiger partial charge in [0.2, 0.25) is 0 Å². The van der Waals surface area contributed by atoms with E-state index in [1.165, 1.54) is 18.8 Å². The highest BCUT2D eigenvalue weighted by Gasteiger charge is 2.68. The fourth-order valence-corrected chi connectivity index (χ4v) is 2.01. The van der Waals surface area contributed by atoms with Gasteiger partial charge in [0.05, 0.1) is 0 Å². The highest BCUT2D eigenvalue weighted by molar-refractivity contribution is 14.1. The Hall–Kier alpha value is 0.730. The maximum Gasteiger partial charge on any atom is 0.00815 e. The molecule has 0 aromatic rings. The van der Waals surface area contributed by atoms with Crippen LogP contribution >= 0.6 is 22.6 Å². The lowest BCUT2D eigenvalue weighted by molar-refractivity contribution is 0.559. The van der Waals surface area contributed by atoms with E-state index in [9.17, 15) is 0 Å². The maximum atomic E-state index is 2.53. The molecule has 0 radical (unpaired) electrons. The Labute approximate surface area is 70.5 Å². The minimum absolute atomic E-state index is 0.902. The van der Waals surface area contributed by atoms with Gasteiger partial charge in [0.25, 0.3) is 0 Å². The van der Waals surface area contributed by atoms with E-state index in [2.05, 4.69) is 29.5 Å². The van der Waals surface area contributed by atoms with E-state index in [1.54, 1.807) is 12.8 Å². The van der Waals surface area contributed by atoms with Gasteiger partial charge in [-0.3, -0.25) is 0 Å². The second-order valence-electron chi connectivity index (χ2n) is 3.79. The molecule has 0 bridgehead atoms. The van der Waals surface area contributed by atoms with Gasteiger partial charge in [-0.2, -0.15) is 0 Å². The number of hydrogen-bond donors (Lipinski definition) is 0. The quantitative estimate of drug-likeness (QED) is 0.522. The molecule has 2 fully saturated rings. The van der Waals surface area contributed by atoms with E-state index in [-0.39, 0.29) is 0 Å². The number of rotatable bonds is 3. The van der Waals surface area contributed by atoms with Crippen LogP contribution in [0.5, 0.6) is 0 Å². The lowest BCUT2D eigenvalue weighted by atomic mass is 10.1. The van der Waals surface area contributed by atoms with Crippen molar-refractivity contribution in [3.63, 3.8) is 0 Å². The molecule has 0 aliphatic heterocycles. The van der Waals surface area contributed by atoms with Crippen molar-refractivity contribution in [2.45, 2.75) is 36.5 Å². The molecule has 0 unspecified atom stereocenters. The van der Waals surface area contributed by atoms with Crippen LogP contribution in [0.4, 0.5) is 0 Å². The molecule has 0 saturated heterocycles. The Morgan fingerprint density at radius 3 is 2.56 bits per heavy atom. The number of alkyl halides is 1. The van der Waals surface area contributed by atoms with E-state index in [0.717, 1.165) is 9.34 Å². The van der Waals surface area contributed by atoms with Crippen LogP contribution < -0.4 is 0 Å². The molecule has 2 aliphatic rings. The molecule has 0 N–H and O–H groups in total. The summed E-state index contributed by atoms with van der Waals surface area (Å²) in [5.41, 5.74) is 0.944. The fourth-order valence-electron chi connectivity index (χ4n) is 1.70. The van der Waals surface area contributed by atoms with Crippen LogP contribution in [-0.4, -0.2) is 3.92 Å². The molecule has 52 valence electrons. The summed E-state index contributed by atoms with van der Waals surface area (Å²) in [7, 11) is 0. The molecular weight excluding hydrogens is 223 g/mol. The zero-order chi connectivity index (χ0) is 6.48. The summed E-state index contributed by atoms with van der Waals surface area (Å²) in [6, 6.07) is 0. The number of halogens is 1. The summed E-state index contributed by atoms with van der Waals surface area (Å²) in [5.74, 6) is 1.20. The highest BCUT2D eigenvalue weighted by atomic mass is 127. The summed E-state index contributed by atoms with van der Waals surface area (Å²) < 4.78 is 0.902. The summed E-state index contributed by atoms with van der Waals surface area (Å²) in [5, 5.41) is 0. The Morgan fingerprint density at radius 2 is 2.22 bits per heavy atom. The molecule has 0 aromatic carbocycles. The van der Waals surface area contributed by atoms with Crippen molar-refractivity contribution >= 4 is 22.6 Å². The van der Waals surface area contributed by atoms with Crippen LogP contribution in [0.3, 0.4) is 0 Å². The molecular formula is C8H13I. The van der Waals surface area contributed by atoms with E-state index < -0.39 is 0 Å². The first-order valence-electron chi connectivity index (χ1n) is 3.87. The summed E-state index contributed by atoms with van der Waals surface area (Å²) >= 11 is 2.53. The van der Waals surface area contributed by atoms with Crippen LogP contribution in [0.15, 0.2) is 0 Å². The molecule has 9 heavy (non-hydrogen) atoms. The molecule has 1 atom stereocenters. The molecule has 0 heterocycles. The minimum atomic E-state index is 0.902. The first-order chi connectivity index (χ1) is 4.23. The SMILES string of the molecule is C[C@@H](I)CCC12CC1C2. The maximum absolute atomic E-state index is 2.53. The predicted molar refractivity (Wildman–Crippen MR) is 47.9 cm³/mol. The Bertz CT molecular complexity index is 123. The molecule has 2 aliphatic carbocycles. The number of hydrogen-bond acceptors (Lipinski definition) is 0. The first-order valence-corrected chi connectivity index (χ1v) is 5.12. The number of fused-ring (bicyclic) bond motifs is 1. The van der Waals surface area contributed by atoms with Gasteiger partial charge in [-0.05, 0) is 37.0 Å². The second kappa shape index (κ2) is 1.86. The Kier molecular flexibility index (Phi) is 1.33. The van der Waals surface area contributed by atoms with Crippen molar-refractivity contribution in [1.29, 1.82) is 0 Å². The largest absolute Gasteiger partial charge is 0.0829 e. The third kappa shape index (κ3) is 1.13. The van der Waals surface area contributed by atoms with Crippen molar-refractivity contribution in [2.24, 2.45) is 11.3 Å². The van der Waals surface area contributed by atoms with Gasteiger partial charge >= 0.3 is 0 Å². The molecule has 0 aromatic heterocycles. The van der Waals surface area contributed by atoms with Gasteiger partial charge in [0, 0.05) is 3.92 Å². The Morgan fingerprint density at radius 1 is 1.67 bits per heavy atom. The van der Waals surface area contributed by atoms with Gasteiger partial charge in [0.15, 0.2) is 0 Å². The van der Waals surface area contributed by atoms with Gasteiger partial charge in [-0.15, -0.1) is 0 Å². The molecule has 2 saturated carbocycles. The molecule has 0 amide bonds. The van der Waals surface area contributed by atoms with Gasteiger partial charge in [-0.1, -0.05) is 29.5 Å². The van der Waals surface area contributed by atoms with E-state index in [1.807, 2.05) is 0 Å². The standard InChI is InChI=1S/C8H13I/c1-6(9)2-3-8-4-7(8)5-8/h6-7H,2-5H2,1H3/t6-,7?,8?/m1/s1. The van der Waals surface area contributed by atoms with Gasteiger partial charge in [0.1, 0.15) is 0 Å². The molecule has 2 rings (SSSR count). The summed E-state index contributed by atoms with van der Waals surface area (Å²) in [6.45, 7) is 2.32. The van der Waals surface area contributed by atoms with E-state index in [0.29, 0.717) is 0 Å². The smallest absolute Gasteiger partial charge is 0.00815 e. The molecule has 0 nitrogen and oxygen atoms in total. The van der Waals surface area contributed by atoms with Crippen LogP contribution in [-0.2, 0) is 0 Å². The van der Waals surface area contributed by atoms with Crippen molar-refractivity contribution in [2.75, 3.05) is 0 Å². The molecule has 0 spiro atoms. The van der Waals surface area contributed by atoms with Crippen LogP contribution in [0, 0.1) is 11.3 Å². The van der Waals surface area contributed by atoms with Crippen LogP contribution in [0.2, 0.25) is 0 Å². The predicted octanol–water partition coefficient (Wildman–Crippen LogP) is 3.00. The van der Waals surface area contributed by atoms with Crippen molar-refractivity contribution in [3.8, 4) is 0 Å². The zero-order valence-corrected chi connectivity index (χ0v) is 8.02. The fraction of sp³-hybridized carbons (Fsp3) is 1.00. The topological polar surface area (TPSA) is 0 Å². The lowest BCUT2D eigenvalue weighted by Gasteiger charge is -2.03. The molecule has 1 heteroatoms. The highest BCUT2D eigenvalue weighted by Crippen LogP contribution is 2.77. The third-order valence-electron chi connectivity index (χ3n) is 2.89. The summed E-state index contributed by atoms with van der Waals surface area (Å²) in [4.78, 5) is 0. The van der Waals surface area contributed by atoms with E-state index >= 15 is 0 Å². The average Bonchev–Trinajstić information content (AvgIpc) is 2.44. The van der Waals surface area contributed by atoms with Gasteiger partial charge < -0.3 is 0 Å². The van der Waals surface area contributed by atoms with Crippen molar-refractivity contribution in [3.05, 3.63) is 0 Å². The summed E-state index contributed by atoms with van der Waals surface area (Å²) in [6.07, 6.45) is 6.14. The van der Waals surface area contributed by atoms with Crippen LogP contribution in [0.1, 0.15) is 32.6 Å². The first kappa shape index (κ1) is 6.44. The second-order valence-corrected chi connectivity index (χ2v) is 5.91. The zero-order valence-electron chi connectivity index (χ0n) is 5.86.